The average Bonchev–Trinajstić information content (AvgIpc) is 2.16. The number of hydrogen-bond acceptors (Lipinski definition) is 1. The van der Waals surface area contributed by atoms with Gasteiger partial charge in [0.25, 0.3) is 0 Å². The molecule has 0 spiro atoms. The molecule has 0 unspecified atom stereocenters. The fourth-order valence-corrected chi connectivity index (χ4v) is 2.08. The summed E-state index contributed by atoms with van der Waals surface area (Å²) in [6, 6.07) is 7.05. The lowest BCUT2D eigenvalue weighted by atomic mass is 9.95. The van der Waals surface area contributed by atoms with Gasteiger partial charge in [0.2, 0.25) is 4.33 Å². The van der Waals surface area contributed by atoms with Crippen LogP contribution in [0.15, 0.2) is 30.3 Å². The standard InChI is InChI=1S/C10H5Cl3O/c11-8-5-9(14)10(12,13)7-4-2-1-3-6(7)8/h1-5H. The molecular formula is C10H5Cl3O. The van der Waals surface area contributed by atoms with Crippen molar-refractivity contribution in [3.8, 4) is 0 Å². The van der Waals surface area contributed by atoms with Gasteiger partial charge in [-0.05, 0) is 5.56 Å². The van der Waals surface area contributed by atoms with Crippen molar-refractivity contribution in [3.63, 3.8) is 0 Å². The molecule has 0 amide bonds. The lowest BCUT2D eigenvalue weighted by molar-refractivity contribution is -0.115. The minimum atomic E-state index is -1.50. The van der Waals surface area contributed by atoms with Crippen molar-refractivity contribution in [1.29, 1.82) is 0 Å². The minimum Gasteiger partial charge on any atom is -0.291 e. The predicted octanol–water partition coefficient (Wildman–Crippen LogP) is 3.48. The third-order valence-corrected chi connectivity index (χ3v) is 3.18. The van der Waals surface area contributed by atoms with E-state index in [1.807, 2.05) is 6.07 Å². The van der Waals surface area contributed by atoms with E-state index in [4.69, 9.17) is 34.8 Å². The van der Waals surface area contributed by atoms with E-state index >= 15 is 0 Å². The van der Waals surface area contributed by atoms with Crippen LogP contribution in [-0.4, -0.2) is 5.78 Å². The van der Waals surface area contributed by atoms with Crippen LogP contribution in [0.3, 0.4) is 0 Å². The highest BCUT2D eigenvalue weighted by molar-refractivity contribution is 6.62. The Bertz CT molecular complexity index is 435. The third kappa shape index (κ3) is 1.36. The summed E-state index contributed by atoms with van der Waals surface area (Å²) in [6.45, 7) is 0. The van der Waals surface area contributed by atoms with Crippen LogP contribution >= 0.6 is 34.8 Å². The first kappa shape index (κ1) is 10.0. The maximum absolute atomic E-state index is 11.5. The Morgan fingerprint density at radius 2 is 1.79 bits per heavy atom. The lowest BCUT2D eigenvalue weighted by Crippen LogP contribution is -2.26. The Balaban J connectivity index is 2.73. The topological polar surface area (TPSA) is 17.1 Å². The molecule has 0 N–H and O–H groups in total. The van der Waals surface area contributed by atoms with E-state index in [1.54, 1.807) is 18.2 Å². The number of rotatable bonds is 0. The SMILES string of the molecule is O=C1C=C(Cl)c2ccccc2C1(Cl)Cl. The van der Waals surface area contributed by atoms with E-state index in [9.17, 15) is 4.79 Å². The molecule has 0 aliphatic heterocycles. The van der Waals surface area contributed by atoms with E-state index in [2.05, 4.69) is 0 Å². The van der Waals surface area contributed by atoms with Crippen molar-refractivity contribution in [3.05, 3.63) is 41.5 Å². The van der Waals surface area contributed by atoms with Crippen LogP contribution in [0.2, 0.25) is 0 Å². The van der Waals surface area contributed by atoms with E-state index < -0.39 is 10.1 Å². The van der Waals surface area contributed by atoms with E-state index in [1.165, 1.54) is 6.08 Å². The highest BCUT2D eigenvalue weighted by Gasteiger charge is 2.39. The van der Waals surface area contributed by atoms with Crippen LogP contribution in [0.4, 0.5) is 0 Å². The van der Waals surface area contributed by atoms with Crippen LogP contribution in [-0.2, 0) is 9.13 Å². The molecule has 1 aromatic rings. The average molecular weight is 248 g/mol. The highest BCUT2D eigenvalue weighted by atomic mass is 35.5. The second-order valence-corrected chi connectivity index (χ2v) is 4.71. The zero-order chi connectivity index (χ0) is 10.3. The zero-order valence-electron chi connectivity index (χ0n) is 6.93. The number of alkyl halides is 2. The number of ketones is 1. The Morgan fingerprint density at radius 3 is 2.50 bits per heavy atom. The summed E-state index contributed by atoms with van der Waals surface area (Å²) in [5, 5.41) is 0.377. The molecule has 0 saturated heterocycles. The van der Waals surface area contributed by atoms with Crippen LogP contribution in [0.5, 0.6) is 0 Å². The van der Waals surface area contributed by atoms with Crippen molar-refractivity contribution < 1.29 is 4.79 Å². The molecule has 0 fully saturated rings. The van der Waals surface area contributed by atoms with Crippen molar-refractivity contribution in [1.82, 2.24) is 0 Å². The first-order chi connectivity index (χ1) is 6.53. The van der Waals surface area contributed by atoms with Gasteiger partial charge in [0.05, 0.1) is 5.03 Å². The summed E-state index contributed by atoms with van der Waals surface area (Å²) in [5.74, 6) is -0.399. The van der Waals surface area contributed by atoms with Crippen LogP contribution in [0, 0.1) is 0 Å². The van der Waals surface area contributed by atoms with Gasteiger partial charge in [-0.3, -0.25) is 4.79 Å². The second kappa shape index (κ2) is 3.27. The molecule has 72 valence electrons. The van der Waals surface area contributed by atoms with Crippen molar-refractivity contribution in [2.24, 2.45) is 0 Å². The van der Waals surface area contributed by atoms with Crippen molar-refractivity contribution in [2.45, 2.75) is 4.33 Å². The molecule has 1 aliphatic rings. The van der Waals surface area contributed by atoms with Gasteiger partial charge in [-0.25, -0.2) is 0 Å². The van der Waals surface area contributed by atoms with Gasteiger partial charge in [0.15, 0.2) is 5.78 Å². The van der Waals surface area contributed by atoms with Crippen LogP contribution in [0.1, 0.15) is 11.1 Å². The Labute approximate surface area is 96.3 Å². The van der Waals surface area contributed by atoms with Gasteiger partial charge in [-0.1, -0.05) is 59.1 Å². The molecule has 0 saturated carbocycles. The quantitative estimate of drug-likeness (QED) is 0.642. The van der Waals surface area contributed by atoms with E-state index in [-0.39, 0.29) is 0 Å². The summed E-state index contributed by atoms with van der Waals surface area (Å²) < 4.78 is -1.50. The van der Waals surface area contributed by atoms with Crippen LogP contribution in [0.25, 0.3) is 5.03 Å². The largest absolute Gasteiger partial charge is 0.291 e. The summed E-state index contributed by atoms with van der Waals surface area (Å²) in [7, 11) is 0. The number of carbonyl (C=O) groups is 1. The van der Waals surface area contributed by atoms with Crippen LogP contribution < -0.4 is 0 Å². The molecule has 0 aromatic heterocycles. The number of fused-ring (bicyclic) bond motifs is 1. The van der Waals surface area contributed by atoms with E-state index in [0.717, 1.165) is 0 Å². The fourth-order valence-electron chi connectivity index (χ4n) is 1.38. The van der Waals surface area contributed by atoms with Gasteiger partial charge in [0, 0.05) is 11.6 Å². The molecule has 1 aliphatic carbocycles. The monoisotopic (exact) mass is 246 g/mol. The summed E-state index contributed by atoms with van der Waals surface area (Å²) >= 11 is 17.8. The molecule has 0 atom stereocenters. The summed E-state index contributed by atoms with van der Waals surface area (Å²) in [5.41, 5.74) is 1.25. The molecule has 1 nitrogen and oxygen atoms in total. The van der Waals surface area contributed by atoms with Crippen molar-refractivity contribution in [2.75, 3.05) is 0 Å². The Morgan fingerprint density at radius 1 is 1.14 bits per heavy atom. The number of allylic oxidation sites excluding steroid dienone is 1. The number of benzene rings is 1. The molecule has 14 heavy (non-hydrogen) atoms. The van der Waals surface area contributed by atoms with E-state index in [0.29, 0.717) is 16.2 Å². The fraction of sp³-hybridized carbons (Fsp3) is 0.100. The minimum absolute atomic E-state index is 0.377. The number of halogens is 3. The predicted molar refractivity (Wildman–Crippen MR) is 58.7 cm³/mol. The lowest BCUT2D eigenvalue weighted by Gasteiger charge is -2.24. The number of hydrogen-bond donors (Lipinski definition) is 0. The summed E-state index contributed by atoms with van der Waals surface area (Å²) in [6.07, 6.45) is 1.25. The molecule has 4 heteroatoms. The first-order valence-corrected chi connectivity index (χ1v) is 5.06. The first-order valence-electron chi connectivity index (χ1n) is 3.93. The molecular weight excluding hydrogens is 242 g/mol. The summed E-state index contributed by atoms with van der Waals surface area (Å²) in [4.78, 5) is 11.5. The zero-order valence-corrected chi connectivity index (χ0v) is 9.20. The Kier molecular flexibility index (Phi) is 2.34. The van der Waals surface area contributed by atoms with Gasteiger partial charge in [-0.2, -0.15) is 0 Å². The Hall–Kier alpha value is -0.500. The molecule has 0 radical (unpaired) electrons. The smallest absolute Gasteiger partial charge is 0.205 e. The maximum Gasteiger partial charge on any atom is 0.205 e. The molecule has 0 heterocycles. The van der Waals surface area contributed by atoms with Crippen molar-refractivity contribution >= 4 is 45.6 Å². The molecule has 0 bridgehead atoms. The molecule has 1 aromatic carbocycles. The second-order valence-electron chi connectivity index (χ2n) is 2.98. The van der Waals surface area contributed by atoms with Gasteiger partial charge >= 0.3 is 0 Å². The van der Waals surface area contributed by atoms with Gasteiger partial charge in [0.1, 0.15) is 0 Å². The normalized spacial score (nSPS) is 18.8. The molecule has 2 rings (SSSR count). The maximum atomic E-state index is 11.5. The third-order valence-electron chi connectivity index (χ3n) is 2.09. The van der Waals surface area contributed by atoms with Gasteiger partial charge < -0.3 is 0 Å². The number of carbonyl (C=O) groups excluding carboxylic acids is 1. The van der Waals surface area contributed by atoms with Gasteiger partial charge in [-0.15, -0.1) is 0 Å². The highest BCUT2D eigenvalue weighted by Crippen LogP contribution is 2.44.